The third-order valence-corrected chi connectivity index (χ3v) is 11.9. The van der Waals surface area contributed by atoms with Crippen molar-refractivity contribution >= 4 is 5.91 Å². The van der Waals surface area contributed by atoms with Crippen LogP contribution in [-0.4, -0.2) is 34.9 Å². The number of amides is 1. The Morgan fingerprint density at radius 1 is 0.421 bits per heavy atom. The summed E-state index contributed by atoms with van der Waals surface area (Å²) >= 11 is 0. The molecular formula is C53H101NO3. The second-order valence-corrected chi connectivity index (χ2v) is 17.6. The number of unbranched alkanes of at least 4 members (excludes halogenated alkanes) is 36. The van der Waals surface area contributed by atoms with Gasteiger partial charge in [0.1, 0.15) is 0 Å². The van der Waals surface area contributed by atoms with Crippen LogP contribution in [0.25, 0.3) is 0 Å². The Morgan fingerprint density at radius 3 is 1.05 bits per heavy atom. The van der Waals surface area contributed by atoms with Gasteiger partial charge in [0.2, 0.25) is 5.91 Å². The van der Waals surface area contributed by atoms with Gasteiger partial charge in [-0.15, -0.1) is 0 Å². The minimum atomic E-state index is -0.840. The van der Waals surface area contributed by atoms with Crippen LogP contribution in [-0.2, 0) is 4.79 Å². The van der Waals surface area contributed by atoms with Crippen LogP contribution in [0.5, 0.6) is 0 Å². The van der Waals surface area contributed by atoms with Gasteiger partial charge in [0.25, 0.3) is 0 Å². The van der Waals surface area contributed by atoms with E-state index in [1.807, 2.05) is 6.08 Å². The van der Waals surface area contributed by atoms with E-state index < -0.39 is 12.1 Å². The molecule has 0 aliphatic heterocycles. The summed E-state index contributed by atoms with van der Waals surface area (Å²) in [5.41, 5.74) is 0. The Labute approximate surface area is 357 Å². The first kappa shape index (κ1) is 55.6. The monoisotopic (exact) mass is 800 g/mol. The predicted molar refractivity (Wildman–Crippen MR) is 253 cm³/mol. The number of aliphatic hydroxyl groups excluding tert-OH is 2. The molecule has 0 aromatic heterocycles. The molecule has 0 heterocycles. The molecule has 0 bridgehead atoms. The average Bonchev–Trinajstić information content (AvgIpc) is 3.22. The molecule has 3 N–H and O–H groups in total. The summed E-state index contributed by atoms with van der Waals surface area (Å²) < 4.78 is 0. The molecule has 1 amide bonds. The summed E-state index contributed by atoms with van der Waals surface area (Å²) in [6.45, 7) is 4.33. The Morgan fingerprint density at radius 2 is 0.719 bits per heavy atom. The van der Waals surface area contributed by atoms with E-state index in [9.17, 15) is 15.0 Å². The lowest BCUT2D eigenvalue weighted by Crippen LogP contribution is -2.45. The molecule has 4 nitrogen and oxygen atoms in total. The van der Waals surface area contributed by atoms with Crippen molar-refractivity contribution in [3.8, 4) is 0 Å². The zero-order valence-corrected chi connectivity index (χ0v) is 38.6. The highest BCUT2D eigenvalue weighted by Crippen LogP contribution is 2.16. The molecule has 2 unspecified atom stereocenters. The Bertz CT molecular complexity index is 866. The maximum Gasteiger partial charge on any atom is 0.220 e. The van der Waals surface area contributed by atoms with E-state index in [0.29, 0.717) is 6.42 Å². The van der Waals surface area contributed by atoms with Crippen molar-refractivity contribution < 1.29 is 15.0 Å². The first-order chi connectivity index (χ1) is 28.2. The van der Waals surface area contributed by atoms with E-state index in [4.69, 9.17) is 0 Å². The summed E-state index contributed by atoms with van der Waals surface area (Å²) in [6.07, 6.45) is 65.6. The van der Waals surface area contributed by atoms with Crippen molar-refractivity contribution in [3.05, 3.63) is 36.5 Å². The van der Waals surface area contributed by atoms with E-state index in [0.717, 1.165) is 32.1 Å². The fraction of sp³-hybridized carbons (Fsp3) is 0.868. The van der Waals surface area contributed by atoms with Gasteiger partial charge in [0.05, 0.1) is 18.8 Å². The standard InChI is InChI=1S/C53H101NO3/c1-3-5-7-9-11-13-15-17-19-21-23-24-25-26-27-28-29-30-31-33-35-37-39-41-43-45-47-49-53(57)54-51(50-55)52(56)48-46-44-42-40-38-36-34-32-22-20-18-16-14-12-10-8-6-4-2/h23-24,26-27,46,48,51-52,55-56H,3-22,25,28-45,47,49-50H2,1-2H3,(H,54,57)/b24-23-,27-26-,48-46+. The first-order valence-corrected chi connectivity index (χ1v) is 25.7. The summed E-state index contributed by atoms with van der Waals surface area (Å²) in [6, 6.07) is -0.623. The summed E-state index contributed by atoms with van der Waals surface area (Å²) in [7, 11) is 0. The van der Waals surface area contributed by atoms with E-state index in [1.165, 1.54) is 225 Å². The molecular weight excluding hydrogens is 699 g/mol. The van der Waals surface area contributed by atoms with Crippen LogP contribution in [0.3, 0.4) is 0 Å². The largest absolute Gasteiger partial charge is 0.394 e. The van der Waals surface area contributed by atoms with Crippen LogP contribution in [0.1, 0.15) is 277 Å². The zero-order chi connectivity index (χ0) is 41.4. The van der Waals surface area contributed by atoms with Crippen LogP contribution in [0.2, 0.25) is 0 Å². The number of rotatable bonds is 47. The number of aliphatic hydroxyl groups is 2. The van der Waals surface area contributed by atoms with Crippen molar-refractivity contribution in [1.29, 1.82) is 0 Å². The number of nitrogens with one attached hydrogen (secondary N) is 1. The Balaban J connectivity index is 3.52. The van der Waals surface area contributed by atoms with Gasteiger partial charge in [0.15, 0.2) is 0 Å². The van der Waals surface area contributed by atoms with Gasteiger partial charge in [-0.1, -0.05) is 256 Å². The maximum atomic E-state index is 12.4. The zero-order valence-electron chi connectivity index (χ0n) is 38.6. The fourth-order valence-corrected chi connectivity index (χ4v) is 7.92. The molecule has 0 aliphatic carbocycles. The number of hydrogen-bond acceptors (Lipinski definition) is 3. The SMILES string of the molecule is CCCCCCCCCCC/C=C\C/C=C\CCCCCCCCCCCCCC(=O)NC(CO)C(O)/C=C/CCCCCCCCCCCCCCCCCC. The van der Waals surface area contributed by atoms with Gasteiger partial charge in [-0.25, -0.2) is 0 Å². The molecule has 0 spiro atoms. The summed E-state index contributed by atoms with van der Waals surface area (Å²) in [5, 5.41) is 23.1. The Hall–Kier alpha value is -1.39. The first-order valence-electron chi connectivity index (χ1n) is 25.7. The normalized spacial score (nSPS) is 13.1. The van der Waals surface area contributed by atoms with Crippen molar-refractivity contribution in [1.82, 2.24) is 5.32 Å². The van der Waals surface area contributed by atoms with Crippen LogP contribution < -0.4 is 5.32 Å². The second kappa shape index (κ2) is 49.0. The highest BCUT2D eigenvalue weighted by molar-refractivity contribution is 5.76. The summed E-state index contributed by atoms with van der Waals surface area (Å²) in [5.74, 6) is -0.0637. The van der Waals surface area contributed by atoms with E-state index >= 15 is 0 Å². The number of hydrogen-bond donors (Lipinski definition) is 3. The smallest absolute Gasteiger partial charge is 0.220 e. The van der Waals surface area contributed by atoms with Gasteiger partial charge >= 0.3 is 0 Å². The van der Waals surface area contributed by atoms with E-state index in [-0.39, 0.29) is 12.5 Å². The lowest BCUT2D eigenvalue weighted by molar-refractivity contribution is -0.123. The minimum Gasteiger partial charge on any atom is -0.394 e. The molecule has 0 rings (SSSR count). The van der Waals surface area contributed by atoms with Crippen LogP contribution in [0.4, 0.5) is 0 Å². The molecule has 4 heteroatoms. The van der Waals surface area contributed by atoms with Crippen molar-refractivity contribution in [2.24, 2.45) is 0 Å². The lowest BCUT2D eigenvalue weighted by Gasteiger charge is -2.20. The number of carbonyl (C=O) groups excluding carboxylic acids is 1. The third-order valence-electron chi connectivity index (χ3n) is 11.9. The van der Waals surface area contributed by atoms with Crippen LogP contribution in [0, 0.1) is 0 Å². The van der Waals surface area contributed by atoms with Gasteiger partial charge in [0, 0.05) is 6.42 Å². The van der Waals surface area contributed by atoms with Gasteiger partial charge in [-0.3, -0.25) is 4.79 Å². The van der Waals surface area contributed by atoms with Gasteiger partial charge in [-0.05, 0) is 51.4 Å². The fourth-order valence-electron chi connectivity index (χ4n) is 7.92. The summed E-state index contributed by atoms with van der Waals surface area (Å²) in [4.78, 5) is 12.4. The second-order valence-electron chi connectivity index (χ2n) is 17.6. The van der Waals surface area contributed by atoms with Gasteiger partial charge < -0.3 is 15.5 Å². The average molecular weight is 800 g/mol. The molecule has 0 radical (unpaired) electrons. The van der Waals surface area contributed by atoms with Gasteiger partial charge in [-0.2, -0.15) is 0 Å². The van der Waals surface area contributed by atoms with E-state index in [2.05, 4.69) is 43.5 Å². The Kier molecular flexibility index (Phi) is 47.8. The van der Waals surface area contributed by atoms with Crippen molar-refractivity contribution in [3.63, 3.8) is 0 Å². The number of allylic oxidation sites excluding steroid dienone is 5. The maximum absolute atomic E-state index is 12.4. The van der Waals surface area contributed by atoms with E-state index in [1.54, 1.807) is 6.08 Å². The molecule has 0 aliphatic rings. The molecule has 57 heavy (non-hydrogen) atoms. The third kappa shape index (κ3) is 45.5. The minimum absolute atomic E-state index is 0.0637. The van der Waals surface area contributed by atoms with Crippen molar-refractivity contribution in [2.75, 3.05) is 6.61 Å². The van der Waals surface area contributed by atoms with Crippen LogP contribution in [0.15, 0.2) is 36.5 Å². The highest BCUT2D eigenvalue weighted by atomic mass is 16.3. The number of carbonyl (C=O) groups is 1. The molecule has 0 aromatic carbocycles. The van der Waals surface area contributed by atoms with Crippen LogP contribution >= 0.6 is 0 Å². The molecule has 0 saturated carbocycles. The molecule has 336 valence electrons. The quantitative estimate of drug-likeness (QED) is 0.0424. The molecule has 0 saturated heterocycles. The molecule has 0 fully saturated rings. The highest BCUT2D eigenvalue weighted by Gasteiger charge is 2.18. The predicted octanol–water partition coefficient (Wildman–Crippen LogP) is 16.5. The molecule has 2 atom stereocenters. The topological polar surface area (TPSA) is 69.6 Å². The van der Waals surface area contributed by atoms with Crippen molar-refractivity contribution in [2.45, 2.75) is 289 Å². The molecule has 0 aromatic rings. The lowest BCUT2D eigenvalue weighted by atomic mass is 10.0.